The number of aliphatic carboxylic acids is 1. The van der Waals surface area contributed by atoms with Crippen molar-refractivity contribution in [2.24, 2.45) is 5.73 Å². The predicted molar refractivity (Wildman–Crippen MR) is 75.2 cm³/mol. The highest BCUT2D eigenvalue weighted by atomic mass is 32.2. The number of nitrogens with zero attached hydrogens (tertiary/aromatic N) is 1. The number of rotatable bonds is 8. The van der Waals surface area contributed by atoms with Crippen molar-refractivity contribution in [3.05, 3.63) is 30.3 Å². The van der Waals surface area contributed by atoms with Crippen molar-refractivity contribution in [1.29, 1.82) is 0 Å². The molecule has 0 saturated heterocycles. The highest BCUT2D eigenvalue weighted by Crippen LogP contribution is 2.20. The van der Waals surface area contributed by atoms with E-state index in [1.165, 1.54) is 12.1 Å². The van der Waals surface area contributed by atoms with E-state index in [0.717, 1.165) is 4.90 Å². The van der Waals surface area contributed by atoms with E-state index in [2.05, 4.69) is 0 Å². The Bertz CT molecular complexity index is 601. The molecule has 8 nitrogen and oxygen atoms in total. The van der Waals surface area contributed by atoms with Crippen molar-refractivity contribution in [2.45, 2.75) is 18.9 Å². The molecule has 1 aromatic carbocycles. The molecule has 0 aromatic heterocycles. The summed E-state index contributed by atoms with van der Waals surface area (Å²) in [5.41, 5.74) is 5.29. The average Bonchev–Trinajstić information content (AvgIpc) is 2.36. The lowest BCUT2D eigenvalue weighted by atomic mass is 10.1. The Kier molecular flexibility index (Phi) is 5.68. The topological polar surface area (TPSA) is 138 Å². The number of amides is 1. The van der Waals surface area contributed by atoms with Crippen molar-refractivity contribution in [3.8, 4) is 0 Å². The van der Waals surface area contributed by atoms with Gasteiger partial charge in [-0.25, -0.2) is 4.79 Å². The predicted octanol–water partition coefficient (Wildman–Crippen LogP) is 0.0570. The molecule has 4 N–H and O–H groups in total. The first-order valence-corrected chi connectivity index (χ1v) is 7.59. The highest BCUT2D eigenvalue weighted by molar-refractivity contribution is 7.85. The number of para-hydroxylation sites is 1. The van der Waals surface area contributed by atoms with Gasteiger partial charge in [-0.15, -0.1) is 0 Å². The Balaban J connectivity index is 3.12. The number of hydrogen-bond donors (Lipinski definition) is 3. The maximum absolute atomic E-state index is 11.3. The number of carboxylic acid groups (broad SMARTS) is 1. The summed E-state index contributed by atoms with van der Waals surface area (Å²) in [6.45, 7) is 0. The summed E-state index contributed by atoms with van der Waals surface area (Å²) >= 11 is 0. The molecule has 116 valence electrons. The zero-order valence-corrected chi connectivity index (χ0v) is 11.9. The van der Waals surface area contributed by atoms with Crippen LogP contribution in [-0.2, 0) is 19.7 Å². The van der Waals surface area contributed by atoms with Crippen LogP contribution >= 0.6 is 0 Å². The highest BCUT2D eigenvalue weighted by Gasteiger charge is 2.29. The Morgan fingerprint density at radius 3 is 2.24 bits per heavy atom. The first kappa shape index (κ1) is 16.9. The molecule has 9 heteroatoms. The molecule has 1 aromatic rings. The van der Waals surface area contributed by atoms with Crippen LogP contribution in [0.25, 0.3) is 0 Å². The van der Waals surface area contributed by atoms with Crippen LogP contribution in [0.2, 0.25) is 0 Å². The van der Waals surface area contributed by atoms with Gasteiger partial charge in [0.1, 0.15) is 11.9 Å². The largest absolute Gasteiger partial charge is 0.480 e. The number of carbonyl (C=O) groups is 2. The van der Waals surface area contributed by atoms with Crippen LogP contribution in [-0.4, -0.2) is 41.9 Å². The van der Waals surface area contributed by atoms with Gasteiger partial charge in [0.05, 0.1) is 0 Å². The molecule has 1 atom stereocenters. The van der Waals surface area contributed by atoms with Gasteiger partial charge >= 0.3 is 5.97 Å². The van der Waals surface area contributed by atoms with Gasteiger partial charge in [-0.3, -0.25) is 9.35 Å². The van der Waals surface area contributed by atoms with Gasteiger partial charge in [0.25, 0.3) is 10.1 Å². The van der Waals surface area contributed by atoms with Gasteiger partial charge in [0, 0.05) is 12.1 Å². The number of carboxylic acids is 1. The summed E-state index contributed by atoms with van der Waals surface area (Å²) in [5, 5.41) is 9.24. The maximum atomic E-state index is 11.3. The standard InChI is InChI=1S/C12H16N2O6S/c13-11(15)7-6-10(12(16)17)14(8-21(18,19)20)9-4-2-1-3-5-9/h1-5,10H,6-8H2,(H2,13,15)(H,16,17)(H,18,19,20). The van der Waals surface area contributed by atoms with E-state index in [1.807, 2.05) is 0 Å². The Labute approximate surface area is 121 Å². The van der Waals surface area contributed by atoms with E-state index in [1.54, 1.807) is 18.2 Å². The molecule has 0 heterocycles. The molecule has 0 spiro atoms. The summed E-state index contributed by atoms with van der Waals surface area (Å²) in [5.74, 6) is -2.91. The number of nitrogens with two attached hydrogens (primary N) is 1. The molecule has 21 heavy (non-hydrogen) atoms. The van der Waals surface area contributed by atoms with Crippen LogP contribution in [0.5, 0.6) is 0 Å². The minimum atomic E-state index is -4.44. The molecule has 1 unspecified atom stereocenters. The van der Waals surface area contributed by atoms with E-state index >= 15 is 0 Å². The number of primary amides is 1. The van der Waals surface area contributed by atoms with Gasteiger partial charge in [-0.05, 0) is 18.6 Å². The van der Waals surface area contributed by atoms with Gasteiger partial charge in [0.2, 0.25) is 5.91 Å². The molecule has 0 saturated carbocycles. The molecule has 1 amide bonds. The van der Waals surface area contributed by atoms with Crippen molar-refractivity contribution >= 4 is 27.7 Å². The second-order valence-corrected chi connectivity index (χ2v) is 5.80. The summed E-state index contributed by atoms with van der Waals surface area (Å²) in [7, 11) is -4.44. The van der Waals surface area contributed by atoms with Crippen LogP contribution < -0.4 is 10.6 Å². The van der Waals surface area contributed by atoms with E-state index in [4.69, 9.17) is 10.3 Å². The summed E-state index contributed by atoms with van der Waals surface area (Å²) in [6.07, 6.45) is -0.388. The first-order chi connectivity index (χ1) is 9.70. The molecular formula is C12H16N2O6S. The van der Waals surface area contributed by atoms with Gasteiger partial charge in [-0.1, -0.05) is 18.2 Å². The normalized spacial score (nSPS) is 12.6. The van der Waals surface area contributed by atoms with Crippen LogP contribution in [0.1, 0.15) is 12.8 Å². The van der Waals surface area contributed by atoms with E-state index in [0.29, 0.717) is 5.69 Å². The van der Waals surface area contributed by atoms with Gasteiger partial charge in [0.15, 0.2) is 0 Å². The van der Waals surface area contributed by atoms with Gasteiger partial charge in [-0.2, -0.15) is 8.42 Å². The third kappa shape index (κ3) is 5.79. The minimum Gasteiger partial charge on any atom is -0.480 e. The molecule has 0 bridgehead atoms. The number of carbonyl (C=O) groups excluding carboxylic acids is 1. The van der Waals surface area contributed by atoms with Gasteiger partial charge < -0.3 is 15.7 Å². The lowest BCUT2D eigenvalue weighted by Crippen LogP contribution is -2.44. The Morgan fingerprint density at radius 1 is 1.24 bits per heavy atom. The fraction of sp³-hybridized carbons (Fsp3) is 0.333. The van der Waals surface area contributed by atoms with Crippen LogP contribution in [0.15, 0.2) is 30.3 Å². The van der Waals surface area contributed by atoms with Crippen molar-refractivity contribution in [3.63, 3.8) is 0 Å². The van der Waals surface area contributed by atoms with Crippen LogP contribution in [0.4, 0.5) is 5.69 Å². The second kappa shape index (κ2) is 7.04. The second-order valence-electron chi connectivity index (χ2n) is 4.38. The van der Waals surface area contributed by atoms with E-state index in [9.17, 15) is 23.1 Å². The molecule has 0 fully saturated rings. The first-order valence-electron chi connectivity index (χ1n) is 5.98. The molecule has 0 aliphatic rings. The zero-order chi connectivity index (χ0) is 16.0. The average molecular weight is 316 g/mol. The fourth-order valence-electron chi connectivity index (χ4n) is 1.83. The minimum absolute atomic E-state index is 0.172. The van der Waals surface area contributed by atoms with Crippen molar-refractivity contribution < 1.29 is 27.7 Å². The maximum Gasteiger partial charge on any atom is 0.326 e. The summed E-state index contributed by atoms with van der Waals surface area (Å²) in [6, 6.07) is 6.57. The monoisotopic (exact) mass is 316 g/mol. The lowest BCUT2D eigenvalue weighted by Gasteiger charge is -2.29. The lowest BCUT2D eigenvalue weighted by molar-refractivity contribution is -0.138. The fourth-order valence-corrected chi connectivity index (χ4v) is 2.51. The molecule has 0 radical (unpaired) electrons. The molecular weight excluding hydrogens is 300 g/mol. The van der Waals surface area contributed by atoms with E-state index in [-0.39, 0.29) is 12.8 Å². The molecule has 0 aliphatic carbocycles. The van der Waals surface area contributed by atoms with E-state index < -0.39 is 33.9 Å². The Hall–Kier alpha value is -2.13. The third-order valence-corrected chi connectivity index (χ3v) is 3.32. The number of hydrogen-bond acceptors (Lipinski definition) is 5. The van der Waals surface area contributed by atoms with Crippen molar-refractivity contribution in [1.82, 2.24) is 0 Å². The van der Waals surface area contributed by atoms with Crippen molar-refractivity contribution in [2.75, 3.05) is 10.8 Å². The van der Waals surface area contributed by atoms with Crippen LogP contribution in [0.3, 0.4) is 0 Å². The number of anilines is 1. The quantitative estimate of drug-likeness (QED) is 0.576. The van der Waals surface area contributed by atoms with Crippen LogP contribution in [0, 0.1) is 0 Å². The molecule has 1 rings (SSSR count). The number of benzene rings is 1. The smallest absolute Gasteiger partial charge is 0.326 e. The Morgan fingerprint density at radius 2 is 1.81 bits per heavy atom. The summed E-state index contributed by atoms with van der Waals surface area (Å²) in [4.78, 5) is 23.2. The zero-order valence-electron chi connectivity index (χ0n) is 11.0. The third-order valence-electron chi connectivity index (χ3n) is 2.72. The molecule has 0 aliphatic heterocycles. The summed E-state index contributed by atoms with van der Waals surface area (Å²) < 4.78 is 31.2. The SMILES string of the molecule is NC(=O)CCC(C(=O)O)N(CS(=O)(=O)O)c1ccccc1.